The van der Waals surface area contributed by atoms with E-state index >= 15 is 0 Å². The van der Waals surface area contributed by atoms with Crippen LogP contribution >= 0.6 is 11.6 Å². The second-order valence-corrected chi connectivity index (χ2v) is 6.19. The summed E-state index contributed by atoms with van der Waals surface area (Å²) in [5, 5.41) is 0.626. The summed E-state index contributed by atoms with van der Waals surface area (Å²) in [6.45, 7) is 3.77. The van der Waals surface area contributed by atoms with Crippen molar-refractivity contribution in [1.29, 1.82) is 0 Å². The van der Waals surface area contributed by atoms with Crippen LogP contribution in [0.2, 0.25) is 5.02 Å². The number of nitrogens with zero attached hydrogens (tertiary/aromatic N) is 2. The largest absolute Gasteiger partial charge is 0.497 e. The standard InChI is InChI=1S/C20H23ClN2O3/c1-3-23(20(25)16-8-10-18(26-2)11-9-16)13-12-22(15-24)14-17-6-4-5-7-19(17)21/h4-11,15H,3,12-14H2,1-2H3. The number of hydrogen-bond donors (Lipinski definition) is 0. The molecule has 0 heterocycles. The van der Waals surface area contributed by atoms with Crippen LogP contribution in [0.15, 0.2) is 48.5 Å². The molecule has 0 aromatic heterocycles. The molecule has 26 heavy (non-hydrogen) atoms. The first-order valence-electron chi connectivity index (χ1n) is 8.45. The Bertz CT molecular complexity index is 734. The minimum Gasteiger partial charge on any atom is -0.497 e. The minimum absolute atomic E-state index is 0.0706. The van der Waals surface area contributed by atoms with Crippen molar-refractivity contribution < 1.29 is 14.3 Å². The Labute approximate surface area is 159 Å². The predicted molar refractivity (Wildman–Crippen MR) is 102 cm³/mol. The molecule has 0 aliphatic heterocycles. The molecule has 0 unspecified atom stereocenters. The van der Waals surface area contributed by atoms with Crippen LogP contribution in [-0.2, 0) is 11.3 Å². The lowest BCUT2D eigenvalue weighted by molar-refractivity contribution is -0.118. The van der Waals surface area contributed by atoms with E-state index in [1.807, 2.05) is 25.1 Å². The number of methoxy groups -OCH3 is 1. The number of ether oxygens (including phenoxy) is 1. The molecule has 0 saturated carbocycles. The average Bonchev–Trinajstić information content (AvgIpc) is 2.68. The normalized spacial score (nSPS) is 10.3. The number of benzene rings is 2. The van der Waals surface area contributed by atoms with Gasteiger partial charge in [0.15, 0.2) is 0 Å². The van der Waals surface area contributed by atoms with E-state index in [1.165, 1.54) is 0 Å². The molecule has 2 amide bonds. The fourth-order valence-electron chi connectivity index (χ4n) is 2.58. The van der Waals surface area contributed by atoms with Crippen molar-refractivity contribution in [3.63, 3.8) is 0 Å². The smallest absolute Gasteiger partial charge is 0.253 e. The van der Waals surface area contributed by atoms with Gasteiger partial charge in [0.05, 0.1) is 7.11 Å². The molecule has 0 bridgehead atoms. The highest BCUT2D eigenvalue weighted by Gasteiger charge is 2.15. The number of likely N-dealkylation sites (N-methyl/N-ethyl adjacent to an activating group) is 1. The van der Waals surface area contributed by atoms with E-state index in [9.17, 15) is 9.59 Å². The van der Waals surface area contributed by atoms with Crippen molar-refractivity contribution >= 4 is 23.9 Å². The second kappa shape index (κ2) is 9.82. The third-order valence-electron chi connectivity index (χ3n) is 4.14. The van der Waals surface area contributed by atoms with Crippen LogP contribution < -0.4 is 4.74 Å². The molecule has 5 nitrogen and oxygen atoms in total. The zero-order valence-electron chi connectivity index (χ0n) is 15.0. The number of halogens is 1. The van der Waals surface area contributed by atoms with Crippen molar-refractivity contribution in [1.82, 2.24) is 9.80 Å². The van der Waals surface area contributed by atoms with Gasteiger partial charge in [-0.2, -0.15) is 0 Å². The van der Waals surface area contributed by atoms with Gasteiger partial charge >= 0.3 is 0 Å². The molecule has 0 aliphatic rings. The maximum Gasteiger partial charge on any atom is 0.253 e. The molecule has 6 heteroatoms. The fourth-order valence-corrected chi connectivity index (χ4v) is 2.78. The van der Waals surface area contributed by atoms with Crippen LogP contribution in [0, 0.1) is 0 Å². The lowest BCUT2D eigenvalue weighted by Crippen LogP contribution is -2.38. The summed E-state index contributed by atoms with van der Waals surface area (Å²) in [5.41, 5.74) is 1.47. The zero-order chi connectivity index (χ0) is 18.9. The number of carbonyl (C=O) groups is 2. The van der Waals surface area contributed by atoms with E-state index in [0.29, 0.717) is 42.5 Å². The molecule has 2 aromatic carbocycles. The van der Waals surface area contributed by atoms with Gasteiger partial charge in [-0.3, -0.25) is 9.59 Å². The molecule has 0 N–H and O–H groups in total. The molecule has 0 aliphatic carbocycles. The Balaban J connectivity index is 1.98. The first-order valence-corrected chi connectivity index (χ1v) is 8.83. The molecular formula is C20H23ClN2O3. The van der Waals surface area contributed by atoms with Gasteiger partial charge in [-0.05, 0) is 42.8 Å². The van der Waals surface area contributed by atoms with Crippen molar-refractivity contribution in [3.05, 3.63) is 64.7 Å². The van der Waals surface area contributed by atoms with Gasteiger partial charge in [0.2, 0.25) is 6.41 Å². The van der Waals surface area contributed by atoms with Gasteiger partial charge in [0.1, 0.15) is 5.75 Å². The Morgan fingerprint density at radius 3 is 2.38 bits per heavy atom. The van der Waals surface area contributed by atoms with Gasteiger partial charge in [0, 0.05) is 36.8 Å². The van der Waals surface area contributed by atoms with E-state index in [0.717, 1.165) is 12.0 Å². The summed E-state index contributed by atoms with van der Waals surface area (Å²) in [7, 11) is 1.59. The minimum atomic E-state index is -0.0706. The fraction of sp³-hybridized carbons (Fsp3) is 0.300. The lowest BCUT2D eigenvalue weighted by Gasteiger charge is -2.25. The van der Waals surface area contributed by atoms with E-state index < -0.39 is 0 Å². The maximum absolute atomic E-state index is 12.6. The summed E-state index contributed by atoms with van der Waals surface area (Å²) in [5.74, 6) is 0.634. The Morgan fingerprint density at radius 1 is 1.12 bits per heavy atom. The van der Waals surface area contributed by atoms with Crippen molar-refractivity contribution in [2.24, 2.45) is 0 Å². The van der Waals surface area contributed by atoms with E-state index in [4.69, 9.17) is 16.3 Å². The molecule has 0 spiro atoms. The molecule has 0 saturated heterocycles. The quantitative estimate of drug-likeness (QED) is 0.631. The van der Waals surface area contributed by atoms with Crippen molar-refractivity contribution in [2.75, 3.05) is 26.7 Å². The first kappa shape index (κ1) is 19.8. The van der Waals surface area contributed by atoms with Crippen LogP contribution in [-0.4, -0.2) is 48.9 Å². The molecular weight excluding hydrogens is 352 g/mol. The van der Waals surface area contributed by atoms with E-state index in [-0.39, 0.29) is 5.91 Å². The highest BCUT2D eigenvalue weighted by molar-refractivity contribution is 6.31. The Morgan fingerprint density at radius 2 is 1.81 bits per heavy atom. The number of hydrogen-bond acceptors (Lipinski definition) is 3. The molecule has 0 fully saturated rings. The summed E-state index contributed by atoms with van der Waals surface area (Å²) in [6.07, 6.45) is 0.787. The molecule has 2 rings (SSSR count). The number of rotatable bonds is 9. The van der Waals surface area contributed by atoms with Crippen LogP contribution in [0.5, 0.6) is 5.75 Å². The molecule has 0 radical (unpaired) electrons. The van der Waals surface area contributed by atoms with Crippen LogP contribution in [0.3, 0.4) is 0 Å². The van der Waals surface area contributed by atoms with Gasteiger partial charge in [0.25, 0.3) is 5.91 Å². The monoisotopic (exact) mass is 374 g/mol. The van der Waals surface area contributed by atoms with E-state index in [2.05, 4.69) is 0 Å². The first-order chi connectivity index (χ1) is 12.6. The number of carbonyl (C=O) groups excluding carboxylic acids is 2. The third kappa shape index (κ3) is 5.23. The average molecular weight is 375 g/mol. The Hall–Kier alpha value is -2.53. The van der Waals surface area contributed by atoms with Gasteiger partial charge in [-0.1, -0.05) is 29.8 Å². The Kier molecular flexibility index (Phi) is 7.48. The zero-order valence-corrected chi connectivity index (χ0v) is 15.8. The van der Waals surface area contributed by atoms with Crippen LogP contribution in [0.25, 0.3) is 0 Å². The van der Waals surface area contributed by atoms with Gasteiger partial charge in [-0.15, -0.1) is 0 Å². The summed E-state index contributed by atoms with van der Waals surface area (Å²) < 4.78 is 5.11. The SMILES string of the molecule is CCN(CCN(C=O)Cc1ccccc1Cl)C(=O)c1ccc(OC)cc1. The topological polar surface area (TPSA) is 49.9 Å². The maximum atomic E-state index is 12.6. The third-order valence-corrected chi connectivity index (χ3v) is 4.51. The number of amides is 2. The highest BCUT2D eigenvalue weighted by Crippen LogP contribution is 2.17. The molecule has 2 aromatic rings. The van der Waals surface area contributed by atoms with Gasteiger partial charge < -0.3 is 14.5 Å². The summed E-state index contributed by atoms with van der Waals surface area (Å²) in [4.78, 5) is 27.4. The predicted octanol–water partition coefficient (Wildman–Crippen LogP) is 3.47. The van der Waals surface area contributed by atoms with Crippen LogP contribution in [0.4, 0.5) is 0 Å². The second-order valence-electron chi connectivity index (χ2n) is 5.78. The molecule has 138 valence electrons. The van der Waals surface area contributed by atoms with E-state index in [1.54, 1.807) is 47.2 Å². The van der Waals surface area contributed by atoms with Crippen molar-refractivity contribution in [2.45, 2.75) is 13.5 Å². The van der Waals surface area contributed by atoms with Gasteiger partial charge in [-0.25, -0.2) is 0 Å². The summed E-state index contributed by atoms with van der Waals surface area (Å²) >= 11 is 6.15. The summed E-state index contributed by atoms with van der Waals surface area (Å²) in [6, 6.07) is 14.4. The highest BCUT2D eigenvalue weighted by atomic mass is 35.5. The molecule has 0 atom stereocenters. The lowest BCUT2D eigenvalue weighted by atomic mass is 10.2. The van der Waals surface area contributed by atoms with Crippen molar-refractivity contribution in [3.8, 4) is 5.75 Å². The van der Waals surface area contributed by atoms with Crippen LogP contribution in [0.1, 0.15) is 22.8 Å².